The second-order valence-corrected chi connectivity index (χ2v) is 3.64. The molecule has 0 saturated carbocycles. The van der Waals surface area contributed by atoms with Gasteiger partial charge in [-0.1, -0.05) is 0 Å². The van der Waals surface area contributed by atoms with Crippen molar-refractivity contribution in [1.82, 2.24) is 10.2 Å². The van der Waals surface area contributed by atoms with E-state index in [1.165, 1.54) is 0 Å². The lowest BCUT2D eigenvalue weighted by Gasteiger charge is -2.23. The summed E-state index contributed by atoms with van der Waals surface area (Å²) in [6, 6.07) is -0.524. The Morgan fingerprint density at radius 3 is 2.41 bits per heavy atom. The molecule has 0 aliphatic heterocycles. The zero-order chi connectivity index (χ0) is 13.3. The maximum Gasteiger partial charge on any atom is 0.246 e. The highest BCUT2D eigenvalue weighted by Gasteiger charge is 2.19. The molecule has 0 aliphatic carbocycles. The van der Waals surface area contributed by atoms with Gasteiger partial charge in [-0.25, -0.2) is 0 Å². The van der Waals surface area contributed by atoms with Crippen molar-refractivity contribution in [3.05, 3.63) is 0 Å². The summed E-state index contributed by atoms with van der Waals surface area (Å²) in [5.74, 6) is -0.381. The molecular weight excluding hydrogens is 222 g/mol. The van der Waals surface area contributed by atoms with Crippen LogP contribution in [-0.4, -0.2) is 55.6 Å². The summed E-state index contributed by atoms with van der Waals surface area (Å²) < 4.78 is 4.98. The van der Waals surface area contributed by atoms with Gasteiger partial charge in [0.25, 0.3) is 0 Å². The van der Waals surface area contributed by atoms with Gasteiger partial charge in [0.1, 0.15) is 12.6 Å². The van der Waals surface area contributed by atoms with Crippen LogP contribution in [0.2, 0.25) is 0 Å². The van der Waals surface area contributed by atoms with E-state index < -0.39 is 6.04 Å². The third-order valence-corrected chi connectivity index (χ3v) is 2.32. The first kappa shape index (κ1) is 15.9. The molecule has 0 fully saturated rings. The van der Waals surface area contributed by atoms with Crippen LogP contribution in [0.1, 0.15) is 20.8 Å². The molecule has 1 unspecified atom stereocenters. The molecule has 3 N–H and O–H groups in total. The summed E-state index contributed by atoms with van der Waals surface area (Å²) in [4.78, 5) is 24.9. The van der Waals surface area contributed by atoms with E-state index in [1.54, 1.807) is 11.8 Å². The highest BCUT2D eigenvalue weighted by molar-refractivity contribution is 5.87. The van der Waals surface area contributed by atoms with Gasteiger partial charge in [0.05, 0.1) is 6.61 Å². The van der Waals surface area contributed by atoms with Gasteiger partial charge in [-0.05, 0) is 20.8 Å². The Morgan fingerprint density at radius 1 is 1.35 bits per heavy atom. The van der Waals surface area contributed by atoms with Crippen LogP contribution in [0.25, 0.3) is 0 Å². The minimum Gasteiger partial charge on any atom is -0.370 e. The number of carbonyl (C=O) groups is 2. The van der Waals surface area contributed by atoms with E-state index in [0.717, 1.165) is 0 Å². The highest BCUT2D eigenvalue weighted by atomic mass is 16.5. The number of likely N-dealkylation sites (N-methyl/N-ethyl adjacent to an activating group) is 1. The number of carbonyl (C=O) groups excluding carboxylic acids is 2. The molecule has 6 nitrogen and oxygen atoms in total. The summed E-state index contributed by atoms with van der Waals surface area (Å²) in [6.45, 7) is 7.40. The maximum absolute atomic E-state index is 11.8. The van der Waals surface area contributed by atoms with Gasteiger partial charge in [0.15, 0.2) is 0 Å². The molecule has 6 heteroatoms. The normalized spacial score (nSPS) is 12.0. The first-order valence-corrected chi connectivity index (χ1v) is 5.92. The monoisotopic (exact) mass is 245 g/mol. The summed E-state index contributed by atoms with van der Waals surface area (Å²) in [5.41, 5.74) is 5.22. The van der Waals surface area contributed by atoms with Crippen LogP contribution in [-0.2, 0) is 14.3 Å². The number of nitrogens with one attached hydrogen (secondary N) is 1. The Balaban J connectivity index is 4.02. The molecule has 0 aromatic rings. The van der Waals surface area contributed by atoms with Crippen LogP contribution in [0.15, 0.2) is 0 Å². The van der Waals surface area contributed by atoms with Crippen LogP contribution >= 0.6 is 0 Å². The SMILES string of the molecule is CCN(CC)C(=O)C(C)NC(=O)COCCN. The first-order valence-electron chi connectivity index (χ1n) is 5.92. The fourth-order valence-electron chi connectivity index (χ4n) is 1.40. The molecule has 0 spiro atoms. The third kappa shape index (κ3) is 6.23. The Morgan fingerprint density at radius 2 is 1.94 bits per heavy atom. The largest absolute Gasteiger partial charge is 0.370 e. The Kier molecular flexibility index (Phi) is 8.35. The van der Waals surface area contributed by atoms with Crippen molar-refractivity contribution in [1.29, 1.82) is 0 Å². The summed E-state index contributed by atoms with van der Waals surface area (Å²) in [5, 5.41) is 2.59. The molecule has 0 heterocycles. The lowest BCUT2D eigenvalue weighted by Crippen LogP contribution is -2.47. The summed E-state index contributed by atoms with van der Waals surface area (Å²) >= 11 is 0. The molecule has 2 amide bonds. The van der Waals surface area contributed by atoms with E-state index in [-0.39, 0.29) is 18.4 Å². The second-order valence-electron chi connectivity index (χ2n) is 3.64. The van der Waals surface area contributed by atoms with Crippen molar-refractivity contribution < 1.29 is 14.3 Å². The third-order valence-electron chi connectivity index (χ3n) is 2.32. The van der Waals surface area contributed by atoms with Crippen LogP contribution in [0.3, 0.4) is 0 Å². The van der Waals surface area contributed by atoms with E-state index >= 15 is 0 Å². The van der Waals surface area contributed by atoms with Gasteiger partial charge in [0, 0.05) is 19.6 Å². The predicted molar refractivity (Wildman–Crippen MR) is 65.4 cm³/mol. The Labute approximate surface area is 102 Å². The van der Waals surface area contributed by atoms with Crippen molar-refractivity contribution in [2.75, 3.05) is 32.8 Å². The number of hydrogen-bond donors (Lipinski definition) is 2. The number of hydrogen-bond acceptors (Lipinski definition) is 4. The van der Waals surface area contributed by atoms with Crippen LogP contribution in [0, 0.1) is 0 Å². The molecule has 17 heavy (non-hydrogen) atoms. The molecule has 0 saturated heterocycles. The van der Waals surface area contributed by atoms with E-state index in [2.05, 4.69) is 5.32 Å². The van der Waals surface area contributed by atoms with Crippen molar-refractivity contribution in [2.24, 2.45) is 5.73 Å². The minimum atomic E-state index is -0.524. The van der Waals surface area contributed by atoms with Gasteiger partial charge in [-0.2, -0.15) is 0 Å². The van der Waals surface area contributed by atoms with Crippen LogP contribution in [0.4, 0.5) is 0 Å². The lowest BCUT2D eigenvalue weighted by molar-refractivity contribution is -0.136. The lowest BCUT2D eigenvalue weighted by atomic mass is 10.2. The predicted octanol–water partition coefficient (Wildman–Crippen LogP) is -0.665. The second kappa shape index (κ2) is 8.95. The molecule has 0 aromatic heterocycles. The number of amides is 2. The molecule has 1 atom stereocenters. The van der Waals surface area contributed by atoms with Gasteiger partial charge >= 0.3 is 0 Å². The molecule has 0 bridgehead atoms. The number of nitrogens with two attached hydrogens (primary N) is 1. The quantitative estimate of drug-likeness (QED) is 0.556. The Bertz CT molecular complexity index is 242. The maximum atomic E-state index is 11.8. The van der Waals surface area contributed by atoms with Crippen molar-refractivity contribution in [3.63, 3.8) is 0 Å². The molecule has 0 radical (unpaired) electrons. The molecule has 100 valence electrons. The van der Waals surface area contributed by atoms with E-state index in [1.807, 2.05) is 13.8 Å². The fourth-order valence-corrected chi connectivity index (χ4v) is 1.40. The van der Waals surface area contributed by atoms with E-state index in [9.17, 15) is 9.59 Å². The average molecular weight is 245 g/mol. The van der Waals surface area contributed by atoms with Crippen LogP contribution < -0.4 is 11.1 Å². The number of ether oxygens (including phenoxy) is 1. The summed E-state index contributed by atoms with van der Waals surface area (Å²) in [7, 11) is 0. The topological polar surface area (TPSA) is 84.7 Å². The van der Waals surface area contributed by atoms with E-state index in [4.69, 9.17) is 10.5 Å². The van der Waals surface area contributed by atoms with Gasteiger partial charge in [0.2, 0.25) is 11.8 Å². The molecule has 0 rings (SSSR count). The highest BCUT2D eigenvalue weighted by Crippen LogP contribution is 1.94. The molecular formula is C11H23N3O3. The van der Waals surface area contributed by atoms with Crippen molar-refractivity contribution in [3.8, 4) is 0 Å². The van der Waals surface area contributed by atoms with Crippen LogP contribution in [0.5, 0.6) is 0 Å². The van der Waals surface area contributed by atoms with Crippen molar-refractivity contribution >= 4 is 11.8 Å². The van der Waals surface area contributed by atoms with Gasteiger partial charge in [-0.15, -0.1) is 0 Å². The standard InChI is InChI=1S/C11H23N3O3/c1-4-14(5-2)11(16)9(3)13-10(15)8-17-7-6-12/h9H,4-8,12H2,1-3H3,(H,13,15). The fraction of sp³-hybridized carbons (Fsp3) is 0.818. The molecule has 0 aliphatic rings. The van der Waals surface area contributed by atoms with Gasteiger partial charge < -0.3 is 20.7 Å². The van der Waals surface area contributed by atoms with Crippen molar-refractivity contribution in [2.45, 2.75) is 26.8 Å². The Hall–Kier alpha value is -1.14. The molecule has 0 aromatic carbocycles. The number of nitrogens with zero attached hydrogens (tertiary/aromatic N) is 1. The summed E-state index contributed by atoms with van der Waals surface area (Å²) in [6.07, 6.45) is 0. The smallest absolute Gasteiger partial charge is 0.246 e. The number of rotatable bonds is 8. The van der Waals surface area contributed by atoms with E-state index in [0.29, 0.717) is 26.2 Å². The minimum absolute atomic E-state index is 0.0624. The first-order chi connectivity index (χ1) is 8.06. The average Bonchev–Trinajstić information content (AvgIpc) is 2.30. The zero-order valence-corrected chi connectivity index (χ0v) is 10.9. The zero-order valence-electron chi connectivity index (χ0n) is 10.9. The van der Waals surface area contributed by atoms with Gasteiger partial charge in [-0.3, -0.25) is 9.59 Å².